The second kappa shape index (κ2) is 9.00. The molecule has 1 atom stereocenters. The van der Waals surface area contributed by atoms with Gasteiger partial charge in [0.05, 0.1) is 36.8 Å². The molecule has 158 valence electrons. The quantitative estimate of drug-likeness (QED) is 0.412. The van der Waals surface area contributed by atoms with E-state index in [1.54, 1.807) is 13.8 Å². The smallest absolute Gasteiger partial charge is 0.339 e. The molecule has 0 aromatic carbocycles. The van der Waals surface area contributed by atoms with E-state index < -0.39 is 11.2 Å². The van der Waals surface area contributed by atoms with Gasteiger partial charge in [-0.05, 0) is 33.3 Å². The number of Topliss-reactive ketones (excluding diaryl/α,β-unsaturated/α-hetero) is 1. The van der Waals surface area contributed by atoms with Gasteiger partial charge in [0.1, 0.15) is 0 Å². The number of methoxy groups -OCH3 is 1. The predicted octanol–water partition coefficient (Wildman–Crippen LogP) is 2.23. The largest absolute Gasteiger partial charge is 0.465 e. The van der Waals surface area contributed by atoms with Crippen LogP contribution in [0.3, 0.4) is 0 Å². The summed E-state index contributed by atoms with van der Waals surface area (Å²) in [4.78, 5) is 30.3. The average Bonchev–Trinajstić information content (AvgIpc) is 3.27. The first kappa shape index (κ1) is 21.4. The number of carbonyl (C=O) groups excluding carboxylic acids is 2. The number of aryl methyl sites for hydroxylation is 1. The zero-order chi connectivity index (χ0) is 21.1. The normalized spacial score (nSPS) is 15.4. The molecule has 3 heterocycles. The standard InChI is InChI=1S/C19H27N5O4S/c1-6-24-18(23-7-9-28-10-8-23)21-22-19(24)29-13(4)16(25)15-11(2)14(12(3)20-15)17(26)27-5/h13,20H,6-10H2,1-5H3/t13-/m0/s1. The molecule has 1 aliphatic heterocycles. The number of nitrogens with one attached hydrogen (secondary N) is 1. The van der Waals surface area contributed by atoms with Crippen LogP contribution in [-0.4, -0.2) is 70.2 Å². The summed E-state index contributed by atoms with van der Waals surface area (Å²) in [6, 6.07) is 0. The van der Waals surface area contributed by atoms with Gasteiger partial charge in [-0.3, -0.25) is 9.36 Å². The van der Waals surface area contributed by atoms with Crippen LogP contribution in [0.5, 0.6) is 0 Å². The Morgan fingerprint density at radius 2 is 1.97 bits per heavy atom. The third-order valence-corrected chi connectivity index (χ3v) is 6.11. The zero-order valence-corrected chi connectivity index (χ0v) is 18.3. The number of carbonyl (C=O) groups is 2. The lowest BCUT2D eigenvalue weighted by Crippen LogP contribution is -2.38. The molecule has 2 aromatic rings. The van der Waals surface area contributed by atoms with E-state index in [4.69, 9.17) is 9.47 Å². The summed E-state index contributed by atoms with van der Waals surface area (Å²) >= 11 is 1.37. The van der Waals surface area contributed by atoms with Gasteiger partial charge in [-0.15, -0.1) is 10.2 Å². The number of morpholine rings is 1. The second-order valence-electron chi connectivity index (χ2n) is 6.87. The Labute approximate surface area is 174 Å². The lowest BCUT2D eigenvalue weighted by Gasteiger charge is -2.27. The molecule has 1 saturated heterocycles. The summed E-state index contributed by atoms with van der Waals surface area (Å²) in [7, 11) is 1.33. The number of rotatable bonds is 7. The van der Waals surface area contributed by atoms with Gasteiger partial charge >= 0.3 is 5.97 Å². The maximum Gasteiger partial charge on any atom is 0.339 e. The summed E-state index contributed by atoms with van der Waals surface area (Å²) in [5.74, 6) is 0.263. The molecule has 9 nitrogen and oxygen atoms in total. The Bertz CT molecular complexity index is 901. The Balaban J connectivity index is 1.80. The Morgan fingerprint density at radius 1 is 1.28 bits per heavy atom. The fourth-order valence-corrected chi connectivity index (χ4v) is 4.43. The van der Waals surface area contributed by atoms with Crippen molar-refractivity contribution >= 4 is 29.5 Å². The summed E-state index contributed by atoms with van der Waals surface area (Å²) in [6.07, 6.45) is 0. The molecule has 0 amide bonds. The molecule has 3 rings (SSSR count). The molecule has 0 radical (unpaired) electrons. The van der Waals surface area contributed by atoms with Gasteiger partial charge < -0.3 is 19.4 Å². The molecule has 1 aliphatic rings. The SMILES string of the molecule is CCn1c(S[C@@H](C)C(=O)c2[nH]c(C)c(C(=O)OC)c2C)nnc1N1CCOCC1. The van der Waals surface area contributed by atoms with Crippen LogP contribution >= 0.6 is 11.8 Å². The minimum atomic E-state index is -0.448. The maximum atomic E-state index is 13.1. The molecule has 1 N–H and O–H groups in total. The number of ketones is 1. The van der Waals surface area contributed by atoms with Crippen molar-refractivity contribution in [3.8, 4) is 0 Å². The summed E-state index contributed by atoms with van der Waals surface area (Å²) in [5.41, 5.74) is 2.08. The third kappa shape index (κ3) is 4.18. The average molecular weight is 422 g/mol. The third-order valence-electron chi connectivity index (χ3n) is 5.03. The van der Waals surface area contributed by atoms with E-state index in [0.29, 0.717) is 47.4 Å². The summed E-state index contributed by atoms with van der Waals surface area (Å²) < 4.78 is 12.3. The Morgan fingerprint density at radius 3 is 2.59 bits per heavy atom. The monoisotopic (exact) mass is 421 g/mol. The molecule has 1 fully saturated rings. The minimum absolute atomic E-state index is 0.0932. The van der Waals surface area contributed by atoms with Crippen molar-refractivity contribution in [3.05, 3.63) is 22.5 Å². The van der Waals surface area contributed by atoms with Crippen molar-refractivity contribution in [2.75, 3.05) is 38.3 Å². The topological polar surface area (TPSA) is 102 Å². The van der Waals surface area contributed by atoms with E-state index in [2.05, 4.69) is 20.1 Å². The fourth-order valence-electron chi connectivity index (χ4n) is 3.46. The van der Waals surface area contributed by atoms with Crippen LogP contribution in [0.1, 0.15) is 46.0 Å². The zero-order valence-electron chi connectivity index (χ0n) is 17.4. The highest BCUT2D eigenvalue weighted by molar-refractivity contribution is 8.00. The Kier molecular flexibility index (Phi) is 6.63. The van der Waals surface area contributed by atoms with Gasteiger partial charge in [-0.1, -0.05) is 11.8 Å². The van der Waals surface area contributed by atoms with Crippen molar-refractivity contribution in [1.29, 1.82) is 0 Å². The predicted molar refractivity (Wildman–Crippen MR) is 110 cm³/mol. The number of nitrogens with zero attached hydrogens (tertiary/aromatic N) is 4. The van der Waals surface area contributed by atoms with E-state index >= 15 is 0 Å². The van der Waals surface area contributed by atoms with Crippen molar-refractivity contribution in [2.24, 2.45) is 0 Å². The van der Waals surface area contributed by atoms with Crippen LogP contribution in [-0.2, 0) is 16.0 Å². The number of thioether (sulfide) groups is 1. The van der Waals surface area contributed by atoms with Crippen LogP contribution < -0.4 is 4.90 Å². The van der Waals surface area contributed by atoms with Crippen LogP contribution in [0.2, 0.25) is 0 Å². The van der Waals surface area contributed by atoms with E-state index in [0.717, 1.165) is 19.0 Å². The van der Waals surface area contributed by atoms with Crippen molar-refractivity contribution in [3.63, 3.8) is 0 Å². The molecule has 0 bridgehead atoms. The highest BCUT2D eigenvalue weighted by Crippen LogP contribution is 2.29. The van der Waals surface area contributed by atoms with Crippen molar-refractivity contribution in [1.82, 2.24) is 19.7 Å². The summed E-state index contributed by atoms with van der Waals surface area (Å²) in [6.45, 7) is 11.0. The molecule has 0 saturated carbocycles. The van der Waals surface area contributed by atoms with Gasteiger partial charge in [0, 0.05) is 25.3 Å². The van der Waals surface area contributed by atoms with Crippen molar-refractivity contribution in [2.45, 2.75) is 44.6 Å². The number of H-pyrrole nitrogens is 1. The molecule has 0 spiro atoms. The van der Waals surface area contributed by atoms with E-state index in [1.807, 2.05) is 18.4 Å². The number of aromatic nitrogens is 4. The molecular weight excluding hydrogens is 394 g/mol. The van der Waals surface area contributed by atoms with Gasteiger partial charge in [-0.25, -0.2) is 4.79 Å². The Hall–Kier alpha value is -2.33. The molecule has 0 aliphatic carbocycles. The van der Waals surface area contributed by atoms with Gasteiger partial charge in [0.2, 0.25) is 5.95 Å². The molecule has 29 heavy (non-hydrogen) atoms. The highest BCUT2D eigenvalue weighted by atomic mass is 32.2. The van der Waals surface area contributed by atoms with Gasteiger partial charge in [0.15, 0.2) is 10.9 Å². The van der Waals surface area contributed by atoms with Gasteiger partial charge in [-0.2, -0.15) is 0 Å². The molecular formula is C19H27N5O4S. The highest BCUT2D eigenvalue weighted by Gasteiger charge is 2.28. The summed E-state index contributed by atoms with van der Waals surface area (Å²) in [5, 5.41) is 8.97. The van der Waals surface area contributed by atoms with Crippen LogP contribution in [0.15, 0.2) is 5.16 Å². The lowest BCUT2D eigenvalue weighted by molar-refractivity contribution is 0.0599. The number of aromatic amines is 1. The molecule has 0 unspecified atom stereocenters. The number of hydrogen-bond donors (Lipinski definition) is 1. The van der Waals surface area contributed by atoms with E-state index in [1.165, 1.54) is 18.9 Å². The first-order valence-electron chi connectivity index (χ1n) is 9.63. The van der Waals surface area contributed by atoms with Gasteiger partial charge in [0.25, 0.3) is 0 Å². The second-order valence-corrected chi connectivity index (χ2v) is 8.18. The lowest BCUT2D eigenvalue weighted by atomic mass is 10.1. The van der Waals surface area contributed by atoms with Crippen LogP contribution in [0.25, 0.3) is 0 Å². The van der Waals surface area contributed by atoms with Crippen LogP contribution in [0, 0.1) is 13.8 Å². The maximum absolute atomic E-state index is 13.1. The van der Waals surface area contributed by atoms with Crippen LogP contribution in [0.4, 0.5) is 5.95 Å². The number of anilines is 1. The van der Waals surface area contributed by atoms with Crippen molar-refractivity contribution < 1.29 is 19.1 Å². The van der Waals surface area contributed by atoms with E-state index in [9.17, 15) is 9.59 Å². The number of hydrogen-bond acceptors (Lipinski definition) is 8. The van der Waals surface area contributed by atoms with E-state index in [-0.39, 0.29) is 5.78 Å². The minimum Gasteiger partial charge on any atom is -0.465 e. The fraction of sp³-hybridized carbons (Fsp3) is 0.579. The first-order chi connectivity index (χ1) is 13.9. The first-order valence-corrected chi connectivity index (χ1v) is 10.5. The molecule has 2 aromatic heterocycles. The number of ether oxygens (including phenoxy) is 2. The molecule has 10 heteroatoms. The number of esters is 1.